The number of ether oxygens (including phenoxy) is 1. The SMILES string of the molecule is CCCCCCCCCCCCCCCC(CC)(CCCCCC)OC(=O)N=S. The summed E-state index contributed by atoms with van der Waals surface area (Å²) >= 11 is 4.53. The first kappa shape index (κ1) is 28.5. The van der Waals surface area contributed by atoms with E-state index >= 15 is 0 Å². The van der Waals surface area contributed by atoms with Gasteiger partial charge in [0, 0.05) is 12.4 Å². The third-order valence-electron chi connectivity index (χ3n) is 6.24. The molecule has 0 aromatic rings. The van der Waals surface area contributed by atoms with E-state index in [0.717, 1.165) is 32.1 Å². The molecule has 0 N–H and O–H groups in total. The van der Waals surface area contributed by atoms with Crippen LogP contribution < -0.4 is 0 Å². The van der Waals surface area contributed by atoms with E-state index in [1.807, 2.05) is 0 Å². The zero-order chi connectivity index (χ0) is 21.6. The number of nitrogens with zero attached hydrogens (tertiary/aromatic N) is 1. The average Bonchev–Trinajstić information content (AvgIpc) is 2.74. The molecule has 0 radical (unpaired) electrons. The summed E-state index contributed by atoms with van der Waals surface area (Å²) in [5.41, 5.74) is -0.356. The van der Waals surface area contributed by atoms with Gasteiger partial charge in [0.05, 0.1) is 0 Å². The largest absolute Gasteiger partial charge is 0.445 e. The number of amides is 1. The van der Waals surface area contributed by atoms with Crippen molar-refractivity contribution >= 4 is 18.5 Å². The quantitative estimate of drug-likeness (QED) is 0.171. The van der Waals surface area contributed by atoms with Crippen LogP contribution in [-0.4, -0.2) is 11.7 Å². The Kier molecular flexibility index (Phi) is 20.4. The van der Waals surface area contributed by atoms with Crippen molar-refractivity contribution < 1.29 is 9.53 Å². The molecule has 0 bridgehead atoms. The van der Waals surface area contributed by atoms with E-state index in [-0.39, 0.29) is 5.60 Å². The number of carbonyl (C=O) groups excluding carboxylic acids is 1. The van der Waals surface area contributed by atoms with Gasteiger partial charge < -0.3 is 4.74 Å². The van der Waals surface area contributed by atoms with E-state index in [4.69, 9.17) is 4.74 Å². The minimum absolute atomic E-state index is 0.356. The molecule has 3 nitrogen and oxygen atoms in total. The molecule has 0 spiro atoms. The van der Waals surface area contributed by atoms with Crippen molar-refractivity contribution in [2.24, 2.45) is 4.36 Å². The fourth-order valence-corrected chi connectivity index (χ4v) is 4.23. The molecular weight excluding hydrogens is 378 g/mol. The van der Waals surface area contributed by atoms with Gasteiger partial charge in [-0.05, 0) is 32.1 Å². The highest BCUT2D eigenvalue weighted by atomic mass is 32.1. The number of hydrogen-bond donors (Lipinski definition) is 0. The Bertz CT molecular complexity index is 389. The van der Waals surface area contributed by atoms with Gasteiger partial charge in [0.2, 0.25) is 0 Å². The summed E-state index contributed by atoms with van der Waals surface area (Å²) < 4.78 is 9.02. The topological polar surface area (TPSA) is 38.7 Å². The van der Waals surface area contributed by atoms with Crippen LogP contribution in [0.1, 0.15) is 149 Å². The average molecular weight is 428 g/mol. The molecule has 1 unspecified atom stereocenters. The zero-order valence-electron chi connectivity index (χ0n) is 19.8. The highest BCUT2D eigenvalue weighted by Gasteiger charge is 2.31. The zero-order valence-corrected chi connectivity index (χ0v) is 20.6. The second-order valence-electron chi connectivity index (χ2n) is 8.80. The molecule has 172 valence electrons. The van der Waals surface area contributed by atoms with Crippen molar-refractivity contribution in [2.75, 3.05) is 0 Å². The summed E-state index contributed by atoms with van der Waals surface area (Å²) in [6.45, 7) is 6.62. The lowest BCUT2D eigenvalue weighted by Crippen LogP contribution is -2.33. The molecular formula is C25H49NO2S. The molecule has 0 aromatic carbocycles. The van der Waals surface area contributed by atoms with Gasteiger partial charge in [-0.3, -0.25) is 0 Å². The Balaban J connectivity index is 3.91. The van der Waals surface area contributed by atoms with Crippen molar-refractivity contribution in [3.05, 3.63) is 0 Å². The molecule has 0 saturated carbocycles. The van der Waals surface area contributed by atoms with Gasteiger partial charge in [-0.2, -0.15) is 0 Å². The number of carbonyl (C=O) groups is 1. The van der Waals surface area contributed by atoms with Crippen LogP contribution in [-0.2, 0) is 17.2 Å². The Labute approximate surface area is 187 Å². The Morgan fingerprint density at radius 2 is 1.00 bits per heavy atom. The van der Waals surface area contributed by atoms with Crippen molar-refractivity contribution in [3.8, 4) is 0 Å². The molecule has 0 aliphatic carbocycles. The summed E-state index contributed by atoms with van der Waals surface area (Å²) in [6.07, 6.45) is 24.6. The predicted molar refractivity (Wildman–Crippen MR) is 128 cm³/mol. The number of hydrogen-bond acceptors (Lipinski definition) is 3. The lowest BCUT2D eigenvalue weighted by atomic mass is 9.87. The minimum Gasteiger partial charge on any atom is -0.441 e. The van der Waals surface area contributed by atoms with Gasteiger partial charge in [0.25, 0.3) is 0 Å². The molecule has 0 saturated heterocycles. The molecule has 0 aliphatic rings. The third-order valence-corrected chi connectivity index (χ3v) is 6.39. The molecule has 4 heteroatoms. The molecule has 0 fully saturated rings. The fraction of sp³-hybridized carbons (Fsp3) is 0.960. The first-order valence-electron chi connectivity index (χ1n) is 12.7. The predicted octanol–water partition coefficient (Wildman–Crippen LogP) is 9.45. The maximum Gasteiger partial charge on any atom is 0.445 e. The van der Waals surface area contributed by atoms with Crippen LogP contribution in [0.5, 0.6) is 0 Å². The van der Waals surface area contributed by atoms with E-state index in [2.05, 4.69) is 37.6 Å². The summed E-state index contributed by atoms with van der Waals surface area (Å²) in [4.78, 5) is 11.7. The van der Waals surface area contributed by atoms with E-state index in [1.165, 1.54) is 96.3 Å². The summed E-state index contributed by atoms with van der Waals surface area (Å²) in [7, 11) is 0. The van der Waals surface area contributed by atoms with E-state index in [9.17, 15) is 4.79 Å². The molecule has 0 rings (SSSR count). The third kappa shape index (κ3) is 16.9. The van der Waals surface area contributed by atoms with Crippen LogP contribution in [0.3, 0.4) is 0 Å². The first-order valence-corrected chi connectivity index (χ1v) is 13.1. The first-order chi connectivity index (χ1) is 14.1. The van der Waals surface area contributed by atoms with Crippen LogP contribution in [0.2, 0.25) is 0 Å². The maximum atomic E-state index is 11.7. The summed E-state index contributed by atoms with van der Waals surface area (Å²) in [6, 6.07) is 0. The van der Waals surface area contributed by atoms with Crippen LogP contribution in [0.15, 0.2) is 4.36 Å². The van der Waals surface area contributed by atoms with E-state index < -0.39 is 6.09 Å². The van der Waals surface area contributed by atoms with Crippen molar-refractivity contribution in [3.63, 3.8) is 0 Å². The Morgan fingerprint density at radius 1 is 0.655 bits per heavy atom. The van der Waals surface area contributed by atoms with Gasteiger partial charge in [-0.1, -0.05) is 117 Å². The maximum absolute atomic E-state index is 11.7. The van der Waals surface area contributed by atoms with Crippen LogP contribution in [0.4, 0.5) is 4.79 Å². The smallest absolute Gasteiger partial charge is 0.441 e. The normalized spacial score (nSPS) is 13.2. The van der Waals surface area contributed by atoms with Gasteiger partial charge >= 0.3 is 6.09 Å². The second-order valence-corrected chi connectivity index (χ2v) is 8.98. The molecule has 0 aromatic heterocycles. The minimum atomic E-state index is -0.577. The second kappa shape index (κ2) is 20.8. The van der Waals surface area contributed by atoms with Gasteiger partial charge in [0.15, 0.2) is 0 Å². The van der Waals surface area contributed by atoms with E-state index in [0.29, 0.717) is 0 Å². The van der Waals surface area contributed by atoms with Crippen LogP contribution in [0, 0.1) is 0 Å². The summed E-state index contributed by atoms with van der Waals surface area (Å²) in [5.74, 6) is 0. The molecule has 1 amide bonds. The lowest BCUT2D eigenvalue weighted by molar-refractivity contribution is -0.00354. The van der Waals surface area contributed by atoms with Crippen LogP contribution in [0.25, 0.3) is 0 Å². The van der Waals surface area contributed by atoms with Gasteiger partial charge in [0.1, 0.15) is 5.60 Å². The van der Waals surface area contributed by atoms with Crippen molar-refractivity contribution in [1.82, 2.24) is 0 Å². The number of rotatable bonds is 21. The van der Waals surface area contributed by atoms with Gasteiger partial charge in [-0.25, -0.2) is 4.79 Å². The molecule has 29 heavy (non-hydrogen) atoms. The standard InChI is InChI=1S/C25H49NO2S/c1-4-7-9-11-12-13-14-15-16-17-18-19-21-23-25(6-3,28-24(27)26-29)22-20-10-8-5-2/h4-23H2,1-3H3. The monoisotopic (exact) mass is 427 g/mol. The van der Waals surface area contributed by atoms with Gasteiger partial charge in [-0.15, -0.1) is 4.36 Å². The summed E-state index contributed by atoms with van der Waals surface area (Å²) in [5, 5.41) is 0. The fourth-order valence-electron chi connectivity index (χ4n) is 4.20. The van der Waals surface area contributed by atoms with Crippen LogP contribution >= 0.6 is 0 Å². The Hall–Kier alpha value is -0.510. The number of unbranched alkanes of at least 4 members (excludes halogenated alkanes) is 15. The van der Waals surface area contributed by atoms with E-state index in [1.54, 1.807) is 0 Å². The Morgan fingerprint density at radius 3 is 1.34 bits per heavy atom. The molecule has 0 aliphatic heterocycles. The highest BCUT2D eigenvalue weighted by molar-refractivity contribution is 7.47. The van der Waals surface area contributed by atoms with Crippen molar-refractivity contribution in [1.29, 1.82) is 0 Å². The molecule has 0 heterocycles. The highest BCUT2D eigenvalue weighted by Crippen LogP contribution is 2.31. The molecule has 1 atom stereocenters. The van der Waals surface area contributed by atoms with Crippen molar-refractivity contribution in [2.45, 2.75) is 155 Å². The lowest BCUT2D eigenvalue weighted by Gasteiger charge is -2.32.